The Balaban J connectivity index is 2.77. The van der Waals surface area contributed by atoms with Crippen molar-refractivity contribution in [2.24, 2.45) is 0 Å². The van der Waals surface area contributed by atoms with E-state index >= 15 is 0 Å². The molecule has 8 nitrogen and oxygen atoms in total. The third-order valence-electron chi connectivity index (χ3n) is 2.74. The molecule has 0 saturated carbocycles. The normalized spacial score (nSPS) is 22.6. The van der Waals surface area contributed by atoms with Crippen LogP contribution in [0.5, 0.6) is 17.2 Å². The number of aromatic hydroxyl groups is 3. The van der Waals surface area contributed by atoms with Crippen molar-refractivity contribution in [1.29, 1.82) is 0 Å². The number of carboxylic acid groups (broad SMARTS) is 1. The van der Waals surface area contributed by atoms with Gasteiger partial charge in [-0.3, -0.25) is 0 Å². The first-order chi connectivity index (χ1) is 8.36. The van der Waals surface area contributed by atoms with E-state index in [0.717, 1.165) is 0 Å². The van der Waals surface area contributed by atoms with E-state index in [9.17, 15) is 30.3 Å². The molecule has 1 aliphatic heterocycles. The lowest BCUT2D eigenvalue weighted by atomic mass is 9.94. The summed E-state index contributed by atoms with van der Waals surface area (Å²) in [6.07, 6.45) is -3.34. The molecule has 18 heavy (non-hydrogen) atoms. The molecule has 8 heteroatoms. The first-order valence-electron chi connectivity index (χ1n) is 4.86. The summed E-state index contributed by atoms with van der Waals surface area (Å²) in [5.41, 5.74) is -1.44. The molecule has 2 atom stereocenters. The van der Waals surface area contributed by atoms with Crippen LogP contribution in [0.1, 0.15) is 27.6 Å². The first kappa shape index (κ1) is 12.4. The monoisotopic (exact) mass is 258 g/mol. The highest BCUT2D eigenvalue weighted by Gasteiger charge is 2.36. The Morgan fingerprint density at radius 3 is 2.28 bits per heavy atom. The number of phenolic OH excluding ortho intramolecular Hbond substituents is 1. The van der Waals surface area contributed by atoms with Crippen LogP contribution in [0.15, 0.2) is 0 Å². The zero-order valence-electron chi connectivity index (χ0n) is 8.86. The van der Waals surface area contributed by atoms with Crippen LogP contribution in [0.2, 0.25) is 0 Å². The van der Waals surface area contributed by atoms with Crippen molar-refractivity contribution in [1.82, 2.24) is 0 Å². The Labute approximate surface area is 99.9 Å². The van der Waals surface area contributed by atoms with E-state index in [1.54, 1.807) is 0 Å². The lowest BCUT2D eigenvalue weighted by Crippen LogP contribution is -2.28. The fraction of sp³-hybridized carbons (Fsp3) is 0.300. The second kappa shape index (κ2) is 4.02. The number of carbonyl (C=O) groups is 1. The van der Waals surface area contributed by atoms with E-state index in [2.05, 4.69) is 4.74 Å². The van der Waals surface area contributed by atoms with Crippen molar-refractivity contribution < 1.29 is 40.2 Å². The molecule has 2 rings (SSSR count). The summed E-state index contributed by atoms with van der Waals surface area (Å²) in [6, 6.07) is 0. The van der Waals surface area contributed by atoms with E-state index in [1.165, 1.54) is 0 Å². The molecule has 0 bridgehead atoms. The second-order valence-electron chi connectivity index (χ2n) is 3.76. The molecule has 0 aromatic heterocycles. The number of aromatic carboxylic acids is 1. The molecule has 0 amide bonds. The van der Waals surface area contributed by atoms with E-state index in [0.29, 0.717) is 0 Å². The lowest BCUT2D eigenvalue weighted by molar-refractivity contribution is -0.182. The van der Waals surface area contributed by atoms with Crippen LogP contribution in [0, 0.1) is 0 Å². The van der Waals surface area contributed by atoms with Gasteiger partial charge in [0.25, 0.3) is 0 Å². The Morgan fingerprint density at radius 1 is 1.11 bits per heavy atom. The van der Waals surface area contributed by atoms with Gasteiger partial charge in [0.05, 0.1) is 6.61 Å². The second-order valence-corrected chi connectivity index (χ2v) is 3.76. The predicted octanol–water partition coefficient (Wildman–Crippen LogP) is -0.616. The molecule has 98 valence electrons. The predicted molar refractivity (Wildman–Crippen MR) is 54.2 cm³/mol. The average Bonchev–Trinajstić information content (AvgIpc) is 2.29. The Kier molecular flexibility index (Phi) is 2.77. The van der Waals surface area contributed by atoms with Crippen LogP contribution >= 0.6 is 0 Å². The van der Waals surface area contributed by atoms with Gasteiger partial charge >= 0.3 is 5.97 Å². The van der Waals surface area contributed by atoms with Crippen molar-refractivity contribution in [3.8, 4) is 17.2 Å². The van der Waals surface area contributed by atoms with Gasteiger partial charge < -0.3 is 35.4 Å². The fourth-order valence-corrected chi connectivity index (χ4v) is 1.85. The molecule has 1 aliphatic rings. The van der Waals surface area contributed by atoms with Gasteiger partial charge in [0, 0.05) is 11.1 Å². The van der Waals surface area contributed by atoms with Gasteiger partial charge in [-0.1, -0.05) is 0 Å². The van der Waals surface area contributed by atoms with E-state index in [-0.39, 0.29) is 11.1 Å². The Hall–Kier alpha value is -2.03. The maximum atomic E-state index is 10.8. The first-order valence-corrected chi connectivity index (χ1v) is 4.86. The van der Waals surface area contributed by atoms with Gasteiger partial charge in [0.15, 0.2) is 17.8 Å². The molecule has 0 fully saturated rings. The fourth-order valence-electron chi connectivity index (χ4n) is 1.85. The zero-order chi connectivity index (χ0) is 13.6. The number of fused-ring (bicyclic) bond motifs is 1. The van der Waals surface area contributed by atoms with Crippen molar-refractivity contribution >= 4 is 5.97 Å². The Bertz CT molecular complexity index is 523. The number of benzene rings is 1. The molecule has 0 aliphatic carbocycles. The molecule has 0 saturated heterocycles. The maximum Gasteiger partial charge on any atom is 0.343 e. The number of hydrogen-bond donors (Lipinski definition) is 6. The quantitative estimate of drug-likeness (QED) is 0.288. The largest absolute Gasteiger partial charge is 0.507 e. The van der Waals surface area contributed by atoms with E-state index in [1.807, 2.05) is 0 Å². The minimum absolute atomic E-state index is 0.194. The van der Waals surface area contributed by atoms with Gasteiger partial charge in [-0.2, -0.15) is 0 Å². The summed E-state index contributed by atoms with van der Waals surface area (Å²) < 4.78 is 4.69. The summed E-state index contributed by atoms with van der Waals surface area (Å²) in [6.45, 7) is -0.409. The van der Waals surface area contributed by atoms with Crippen LogP contribution in [0.4, 0.5) is 0 Å². The van der Waals surface area contributed by atoms with Crippen LogP contribution in [-0.2, 0) is 11.3 Å². The number of phenols is 3. The molecular weight excluding hydrogens is 248 g/mol. The smallest absolute Gasteiger partial charge is 0.343 e. The third kappa shape index (κ3) is 1.55. The standard InChI is InChI=1S/C10H10O8/c11-5-2-1-18-10(17)8(14)3(2)6(12)7(13)4(5)9(15)16/h8,10-14,17H,1H2,(H,15,16)/t8-,10-/m0/s1. The van der Waals surface area contributed by atoms with Crippen molar-refractivity contribution in [2.45, 2.75) is 19.0 Å². The van der Waals surface area contributed by atoms with Gasteiger partial charge in [-0.15, -0.1) is 0 Å². The molecule has 0 spiro atoms. The van der Waals surface area contributed by atoms with E-state index < -0.39 is 47.8 Å². The number of aliphatic hydroxyl groups excluding tert-OH is 2. The number of hydrogen-bond acceptors (Lipinski definition) is 7. The van der Waals surface area contributed by atoms with Crippen molar-refractivity contribution in [3.05, 3.63) is 16.7 Å². The molecule has 1 heterocycles. The van der Waals surface area contributed by atoms with Crippen molar-refractivity contribution in [3.63, 3.8) is 0 Å². The number of rotatable bonds is 1. The highest BCUT2D eigenvalue weighted by atomic mass is 16.6. The minimum atomic E-state index is -1.70. The summed E-state index contributed by atoms with van der Waals surface area (Å²) in [5.74, 6) is -4.45. The molecule has 0 unspecified atom stereocenters. The van der Waals surface area contributed by atoms with Crippen LogP contribution < -0.4 is 0 Å². The maximum absolute atomic E-state index is 10.8. The SMILES string of the molecule is O=C(O)c1c(O)c(O)c2c(c1O)CO[C@H](O)[C@H]2O. The number of carboxylic acids is 1. The summed E-state index contributed by atoms with van der Waals surface area (Å²) in [4.78, 5) is 10.8. The van der Waals surface area contributed by atoms with Gasteiger partial charge in [-0.05, 0) is 0 Å². The topological polar surface area (TPSA) is 148 Å². The average molecular weight is 258 g/mol. The minimum Gasteiger partial charge on any atom is -0.507 e. The van der Waals surface area contributed by atoms with Crippen LogP contribution in [0.25, 0.3) is 0 Å². The Morgan fingerprint density at radius 2 is 1.72 bits per heavy atom. The number of ether oxygens (including phenoxy) is 1. The van der Waals surface area contributed by atoms with Gasteiger partial charge in [0.2, 0.25) is 0 Å². The summed E-state index contributed by atoms with van der Waals surface area (Å²) >= 11 is 0. The summed E-state index contributed by atoms with van der Waals surface area (Å²) in [7, 11) is 0. The lowest BCUT2D eigenvalue weighted by Gasteiger charge is -2.28. The van der Waals surface area contributed by atoms with Crippen molar-refractivity contribution in [2.75, 3.05) is 0 Å². The molecule has 0 radical (unpaired) electrons. The zero-order valence-corrected chi connectivity index (χ0v) is 8.86. The summed E-state index contributed by atoms with van der Waals surface area (Å²) in [5, 5.41) is 56.4. The molecular formula is C10H10O8. The number of aliphatic hydroxyl groups is 2. The molecule has 1 aromatic rings. The van der Waals surface area contributed by atoms with Gasteiger partial charge in [0.1, 0.15) is 17.4 Å². The highest BCUT2D eigenvalue weighted by molar-refractivity contribution is 5.96. The molecule has 1 aromatic carbocycles. The van der Waals surface area contributed by atoms with Crippen LogP contribution in [0.3, 0.4) is 0 Å². The van der Waals surface area contributed by atoms with Gasteiger partial charge in [-0.25, -0.2) is 4.79 Å². The molecule has 6 N–H and O–H groups in total. The highest BCUT2D eigenvalue weighted by Crippen LogP contribution is 2.47. The van der Waals surface area contributed by atoms with Crippen LogP contribution in [-0.4, -0.2) is 42.9 Å². The third-order valence-corrected chi connectivity index (χ3v) is 2.74. The van der Waals surface area contributed by atoms with E-state index in [4.69, 9.17) is 5.11 Å².